The number of fused-ring (bicyclic) bond motifs is 3. The van der Waals surface area contributed by atoms with Crippen molar-refractivity contribution >= 4 is 33.5 Å². The Bertz CT molecular complexity index is 2400. The molecular weight excluding hydrogens is 724 g/mol. The van der Waals surface area contributed by atoms with Crippen LogP contribution in [0.25, 0.3) is 32.9 Å². The number of benzene rings is 4. The Morgan fingerprint density at radius 3 is 2.59 bits per heavy atom. The Morgan fingerprint density at radius 2 is 1.79 bits per heavy atom. The molecule has 4 heterocycles. The Balaban J connectivity index is 1.06. The Hall–Kier alpha value is -6.28. The molecule has 14 heteroatoms. The molecule has 2 aliphatic heterocycles. The predicted octanol–water partition coefficient (Wildman–Crippen LogP) is 8.57. The van der Waals surface area contributed by atoms with Gasteiger partial charge in [-0.25, -0.2) is 13.6 Å². The van der Waals surface area contributed by atoms with Gasteiger partial charge in [-0.3, -0.25) is 20.0 Å². The van der Waals surface area contributed by atoms with Crippen molar-refractivity contribution in [1.29, 1.82) is 0 Å². The number of pyridine rings is 1. The summed E-state index contributed by atoms with van der Waals surface area (Å²) in [4.78, 5) is 38.5. The van der Waals surface area contributed by atoms with Gasteiger partial charge in [0.1, 0.15) is 36.3 Å². The van der Waals surface area contributed by atoms with Gasteiger partial charge in [0, 0.05) is 36.9 Å². The van der Waals surface area contributed by atoms with Crippen LogP contribution >= 0.6 is 0 Å². The summed E-state index contributed by atoms with van der Waals surface area (Å²) in [6.07, 6.45) is 2.64. The number of nitro benzene ring substituents is 1. The fourth-order valence-electron chi connectivity index (χ4n) is 7.75. The van der Waals surface area contributed by atoms with E-state index in [4.69, 9.17) is 18.9 Å². The minimum atomic E-state index is -0.938. The summed E-state index contributed by atoms with van der Waals surface area (Å²) >= 11 is 0. The topological polar surface area (TPSA) is 139 Å². The maximum Gasteiger partial charge on any atom is 0.513 e. The van der Waals surface area contributed by atoms with Crippen molar-refractivity contribution in [2.24, 2.45) is 0 Å². The van der Waals surface area contributed by atoms with Crippen molar-refractivity contribution < 1.29 is 37.4 Å². The fraction of sp³-hybridized carbons (Fsp3) is 0.286. The second-order valence-corrected chi connectivity index (χ2v) is 14.0. The number of hydrogen-bond acceptors (Lipinski definition) is 11. The van der Waals surface area contributed by atoms with E-state index in [0.717, 1.165) is 41.3 Å². The van der Waals surface area contributed by atoms with E-state index in [1.54, 1.807) is 6.07 Å². The molecule has 2 aromatic heterocycles. The number of nitro groups is 1. The van der Waals surface area contributed by atoms with Crippen LogP contribution in [0.2, 0.25) is 0 Å². The summed E-state index contributed by atoms with van der Waals surface area (Å²) in [5, 5.41) is 12.8. The fourth-order valence-corrected chi connectivity index (χ4v) is 7.75. The molecule has 0 aliphatic carbocycles. The van der Waals surface area contributed by atoms with Crippen LogP contribution in [0, 0.1) is 15.9 Å². The van der Waals surface area contributed by atoms with E-state index in [0.29, 0.717) is 31.4 Å². The van der Waals surface area contributed by atoms with Gasteiger partial charge in [-0.15, -0.1) is 0 Å². The van der Waals surface area contributed by atoms with Gasteiger partial charge in [0.05, 0.1) is 22.5 Å². The zero-order chi connectivity index (χ0) is 38.6. The van der Waals surface area contributed by atoms with E-state index in [9.17, 15) is 19.3 Å². The van der Waals surface area contributed by atoms with Crippen molar-refractivity contribution in [3.05, 3.63) is 124 Å². The van der Waals surface area contributed by atoms with E-state index in [1.807, 2.05) is 60.7 Å². The van der Waals surface area contributed by atoms with Gasteiger partial charge in [-0.2, -0.15) is 9.97 Å². The molecule has 2 saturated heterocycles. The Morgan fingerprint density at radius 1 is 0.982 bits per heavy atom. The van der Waals surface area contributed by atoms with E-state index in [-0.39, 0.29) is 59.7 Å². The first-order valence-corrected chi connectivity index (χ1v) is 18.4. The maximum atomic E-state index is 17.0. The lowest BCUT2D eigenvalue weighted by atomic mass is 9.94. The predicted molar refractivity (Wildman–Crippen MR) is 203 cm³/mol. The number of carbonyl (C=O) groups is 1. The number of aromatic nitrogens is 3. The van der Waals surface area contributed by atoms with E-state index in [2.05, 4.69) is 19.9 Å². The minimum Gasteiger partial charge on any atom is -0.472 e. The minimum absolute atomic E-state index is 0.0203. The van der Waals surface area contributed by atoms with E-state index >= 15 is 4.39 Å². The molecule has 2 fully saturated rings. The summed E-state index contributed by atoms with van der Waals surface area (Å²) in [6, 6.07) is 25.9. The number of rotatable bonds is 13. The molecule has 0 bridgehead atoms. The molecule has 286 valence electrons. The SMILES string of the molecule is O=C(OCCCc1cccc2cccc(-c3ncc4c(OCc5ccccc5)nc(OC[C@@]56CCCN5C[C@H](F)C6)nc4c3F)c12)Oc1ccc([N+](=O)[O-])cc1. The van der Waals surface area contributed by atoms with E-state index < -0.39 is 28.6 Å². The molecule has 6 aromatic rings. The average molecular weight is 762 g/mol. The van der Waals surface area contributed by atoms with Gasteiger partial charge in [-0.05, 0) is 66.3 Å². The van der Waals surface area contributed by atoms with Crippen molar-refractivity contribution in [3.8, 4) is 28.9 Å². The van der Waals surface area contributed by atoms with Crippen LogP contribution in [0.5, 0.6) is 17.6 Å². The lowest BCUT2D eigenvalue weighted by molar-refractivity contribution is -0.384. The zero-order valence-corrected chi connectivity index (χ0v) is 30.2. The average Bonchev–Trinajstić information content (AvgIpc) is 3.74. The number of hydrogen-bond donors (Lipinski definition) is 0. The van der Waals surface area contributed by atoms with E-state index in [1.165, 1.54) is 30.5 Å². The highest BCUT2D eigenvalue weighted by atomic mass is 19.1. The van der Waals surface area contributed by atoms with Gasteiger partial charge in [0.15, 0.2) is 5.82 Å². The van der Waals surface area contributed by atoms with Crippen LogP contribution in [-0.2, 0) is 17.8 Å². The second kappa shape index (κ2) is 15.8. The first-order chi connectivity index (χ1) is 27.3. The first-order valence-electron chi connectivity index (χ1n) is 18.4. The summed E-state index contributed by atoms with van der Waals surface area (Å²) in [5.74, 6) is -0.440. The molecule has 8 rings (SSSR count). The number of carbonyl (C=O) groups excluding carboxylic acids is 1. The van der Waals surface area contributed by atoms with Gasteiger partial charge >= 0.3 is 12.2 Å². The van der Waals surface area contributed by atoms with Gasteiger partial charge in [-0.1, -0.05) is 66.7 Å². The summed E-state index contributed by atoms with van der Waals surface area (Å²) < 4.78 is 54.2. The standard InChI is InChI=1S/C42H37F2N5O7/c43-30-22-42(19-7-20-48(42)24-30)26-55-40-46-38-34(39(47-40)54-25-27-8-2-1-3-9-27)23-45-37(36(38)44)33-14-5-12-28-10-4-11-29(35(28)33)13-6-21-53-41(50)56-32-17-15-31(16-18-32)49(51)52/h1-5,8-12,14-18,23,30H,6-7,13,19-22,24-26H2/t30-,42+/m1/s1. The van der Waals surface area contributed by atoms with Crippen LogP contribution < -0.4 is 14.2 Å². The summed E-state index contributed by atoms with van der Waals surface area (Å²) in [7, 11) is 0. The number of aryl methyl sites for hydroxylation is 1. The highest BCUT2D eigenvalue weighted by Crippen LogP contribution is 2.41. The second-order valence-electron chi connectivity index (χ2n) is 14.0. The molecule has 56 heavy (non-hydrogen) atoms. The summed E-state index contributed by atoms with van der Waals surface area (Å²) in [5.41, 5.74) is 1.79. The van der Waals surface area contributed by atoms with Crippen LogP contribution in [0.3, 0.4) is 0 Å². The monoisotopic (exact) mass is 761 g/mol. The molecular formula is C42H37F2N5O7. The molecule has 12 nitrogen and oxygen atoms in total. The molecule has 0 saturated carbocycles. The number of non-ortho nitro benzene ring substituents is 1. The van der Waals surface area contributed by atoms with Crippen LogP contribution in [0.1, 0.15) is 36.8 Å². The third-order valence-corrected chi connectivity index (χ3v) is 10.4. The van der Waals surface area contributed by atoms with Gasteiger partial charge < -0.3 is 18.9 Å². The van der Waals surface area contributed by atoms with Crippen molar-refractivity contribution in [3.63, 3.8) is 0 Å². The molecule has 2 aliphatic rings. The smallest absolute Gasteiger partial charge is 0.472 e. The lowest BCUT2D eigenvalue weighted by Crippen LogP contribution is -2.43. The molecule has 0 amide bonds. The lowest BCUT2D eigenvalue weighted by Gasteiger charge is -2.30. The number of alkyl halides is 1. The normalized spacial score (nSPS) is 17.9. The van der Waals surface area contributed by atoms with Crippen molar-refractivity contribution in [1.82, 2.24) is 19.9 Å². The third-order valence-electron chi connectivity index (χ3n) is 10.4. The molecule has 2 atom stereocenters. The first kappa shape index (κ1) is 36.7. The van der Waals surface area contributed by atoms with Gasteiger partial charge in [0.2, 0.25) is 5.88 Å². The Labute approximate surface area is 320 Å². The summed E-state index contributed by atoms with van der Waals surface area (Å²) in [6.45, 7) is 1.54. The molecule has 0 radical (unpaired) electrons. The van der Waals surface area contributed by atoms with Crippen molar-refractivity contribution in [2.45, 2.75) is 50.4 Å². The van der Waals surface area contributed by atoms with Crippen molar-refractivity contribution in [2.75, 3.05) is 26.3 Å². The van der Waals surface area contributed by atoms with Gasteiger partial charge in [0.25, 0.3) is 5.69 Å². The zero-order valence-electron chi connectivity index (χ0n) is 30.2. The largest absolute Gasteiger partial charge is 0.513 e. The maximum absolute atomic E-state index is 17.0. The Kier molecular flexibility index (Phi) is 10.4. The molecule has 0 N–H and O–H groups in total. The third kappa shape index (κ3) is 7.65. The van der Waals surface area contributed by atoms with Crippen LogP contribution in [-0.4, -0.2) is 68.9 Å². The number of halogens is 2. The number of ether oxygens (including phenoxy) is 4. The molecule has 0 spiro atoms. The number of nitrogens with zero attached hydrogens (tertiary/aromatic N) is 5. The molecule has 0 unspecified atom stereocenters. The highest BCUT2D eigenvalue weighted by molar-refractivity contribution is 6.00. The van der Waals surface area contributed by atoms with Crippen LogP contribution in [0.15, 0.2) is 97.2 Å². The highest BCUT2D eigenvalue weighted by Gasteiger charge is 2.49. The van der Waals surface area contributed by atoms with Crippen LogP contribution in [0.4, 0.5) is 19.3 Å². The molecule has 4 aromatic carbocycles. The quantitative estimate of drug-likeness (QED) is 0.0368.